The van der Waals surface area contributed by atoms with Crippen molar-refractivity contribution >= 4 is 23.4 Å². The molecule has 30 heavy (non-hydrogen) atoms. The van der Waals surface area contributed by atoms with Gasteiger partial charge in [0, 0.05) is 17.8 Å². The largest absolute Gasteiger partial charge is 0.325 e. The van der Waals surface area contributed by atoms with Gasteiger partial charge in [0.15, 0.2) is 11.0 Å². The lowest BCUT2D eigenvalue weighted by Gasteiger charge is -2.11. The first-order chi connectivity index (χ1) is 14.5. The molecule has 5 nitrogen and oxygen atoms in total. The summed E-state index contributed by atoms with van der Waals surface area (Å²) in [6, 6.07) is 14.0. The Kier molecular flexibility index (Phi) is 7.41. The number of allylic oxidation sites excluding steroid dienone is 1. The summed E-state index contributed by atoms with van der Waals surface area (Å²) in [6.07, 6.45) is 2.81. The van der Waals surface area contributed by atoms with Crippen LogP contribution in [0.4, 0.5) is 10.1 Å². The van der Waals surface area contributed by atoms with E-state index in [-0.39, 0.29) is 17.5 Å². The van der Waals surface area contributed by atoms with Crippen molar-refractivity contribution in [2.24, 2.45) is 0 Å². The van der Waals surface area contributed by atoms with Crippen LogP contribution in [-0.2, 0) is 11.3 Å². The van der Waals surface area contributed by atoms with Crippen LogP contribution >= 0.6 is 11.8 Å². The Bertz CT molecular complexity index is 999. The smallest absolute Gasteiger partial charge is 0.234 e. The van der Waals surface area contributed by atoms with Crippen LogP contribution in [-0.4, -0.2) is 26.4 Å². The molecule has 2 aromatic carbocycles. The standard InChI is InChI=1S/C23H25FN4OS/c1-4-14-28-22(18-6-10-19(24)11-7-18)26-27-23(28)30-15-21(29)25-20-12-8-17(9-13-20)16(3)5-2/h4,6-13,16H,1,5,14-15H2,2-3H3,(H,25,29)/t16-/m1/s1. The highest BCUT2D eigenvalue weighted by Crippen LogP contribution is 2.25. The van der Waals surface area contributed by atoms with Gasteiger partial charge >= 0.3 is 0 Å². The summed E-state index contributed by atoms with van der Waals surface area (Å²) in [7, 11) is 0. The van der Waals surface area contributed by atoms with Crippen LogP contribution in [0.2, 0.25) is 0 Å². The van der Waals surface area contributed by atoms with Gasteiger partial charge in [-0.3, -0.25) is 9.36 Å². The van der Waals surface area contributed by atoms with E-state index in [0.29, 0.717) is 23.4 Å². The number of amides is 1. The first-order valence-corrected chi connectivity index (χ1v) is 10.8. The van der Waals surface area contributed by atoms with Crippen molar-refractivity contribution in [1.82, 2.24) is 14.8 Å². The van der Waals surface area contributed by atoms with Gasteiger partial charge in [0.1, 0.15) is 5.82 Å². The second-order valence-electron chi connectivity index (χ2n) is 6.98. The van der Waals surface area contributed by atoms with Crippen molar-refractivity contribution in [3.8, 4) is 11.4 Å². The van der Waals surface area contributed by atoms with E-state index in [2.05, 4.69) is 35.9 Å². The van der Waals surface area contributed by atoms with Gasteiger partial charge in [-0.15, -0.1) is 16.8 Å². The van der Waals surface area contributed by atoms with E-state index in [9.17, 15) is 9.18 Å². The SMILES string of the molecule is C=CCn1c(SCC(=O)Nc2ccc([C@H](C)CC)cc2)nnc1-c1ccc(F)cc1. The summed E-state index contributed by atoms with van der Waals surface area (Å²) in [5, 5.41) is 11.9. The van der Waals surface area contributed by atoms with E-state index in [0.717, 1.165) is 17.7 Å². The first-order valence-electron chi connectivity index (χ1n) is 9.84. The number of carbonyl (C=O) groups is 1. The van der Waals surface area contributed by atoms with Crippen LogP contribution in [0.1, 0.15) is 31.7 Å². The first kappa shape index (κ1) is 21.8. The Labute approximate surface area is 180 Å². The number of benzene rings is 2. The van der Waals surface area contributed by atoms with E-state index in [1.807, 2.05) is 28.8 Å². The number of thioether (sulfide) groups is 1. The molecule has 0 aliphatic heterocycles. The van der Waals surface area contributed by atoms with Crippen LogP contribution in [0.25, 0.3) is 11.4 Å². The third kappa shape index (κ3) is 5.36. The van der Waals surface area contributed by atoms with Crippen molar-refractivity contribution < 1.29 is 9.18 Å². The third-order valence-electron chi connectivity index (χ3n) is 4.84. The van der Waals surface area contributed by atoms with E-state index >= 15 is 0 Å². The molecule has 0 saturated heterocycles. The zero-order valence-electron chi connectivity index (χ0n) is 17.1. The second-order valence-corrected chi connectivity index (χ2v) is 7.92. The number of carbonyl (C=O) groups excluding carboxylic acids is 1. The van der Waals surface area contributed by atoms with Gasteiger partial charge in [-0.25, -0.2) is 4.39 Å². The Morgan fingerprint density at radius 2 is 1.90 bits per heavy atom. The number of hydrogen-bond donors (Lipinski definition) is 1. The number of nitrogens with zero attached hydrogens (tertiary/aromatic N) is 3. The predicted octanol–water partition coefficient (Wildman–Crippen LogP) is 5.51. The summed E-state index contributed by atoms with van der Waals surface area (Å²) >= 11 is 1.30. The molecule has 0 aliphatic carbocycles. The average Bonchev–Trinajstić information content (AvgIpc) is 3.15. The number of aromatic nitrogens is 3. The summed E-state index contributed by atoms with van der Waals surface area (Å²) in [5.74, 6) is 0.881. The quantitative estimate of drug-likeness (QED) is 0.363. The number of halogens is 1. The summed E-state index contributed by atoms with van der Waals surface area (Å²) in [6.45, 7) is 8.61. The molecule has 0 spiro atoms. The summed E-state index contributed by atoms with van der Waals surface area (Å²) in [4.78, 5) is 12.4. The number of nitrogens with one attached hydrogen (secondary N) is 1. The van der Waals surface area contributed by atoms with E-state index in [1.54, 1.807) is 18.2 Å². The molecule has 0 aliphatic rings. The molecule has 0 radical (unpaired) electrons. The molecule has 0 fully saturated rings. The fourth-order valence-electron chi connectivity index (χ4n) is 2.96. The highest BCUT2D eigenvalue weighted by atomic mass is 32.2. The lowest BCUT2D eigenvalue weighted by atomic mass is 9.99. The van der Waals surface area contributed by atoms with Gasteiger partial charge < -0.3 is 5.32 Å². The minimum atomic E-state index is -0.308. The monoisotopic (exact) mass is 424 g/mol. The molecule has 1 heterocycles. The minimum Gasteiger partial charge on any atom is -0.325 e. The Morgan fingerprint density at radius 1 is 1.20 bits per heavy atom. The molecular formula is C23H25FN4OS. The number of rotatable bonds is 9. The Hall–Kier alpha value is -2.93. The topological polar surface area (TPSA) is 59.8 Å². The van der Waals surface area contributed by atoms with Gasteiger partial charge in [0.2, 0.25) is 5.91 Å². The van der Waals surface area contributed by atoms with Crippen molar-refractivity contribution in [2.75, 3.05) is 11.1 Å². The maximum absolute atomic E-state index is 13.2. The van der Waals surface area contributed by atoms with Crippen LogP contribution in [0, 0.1) is 5.82 Å². The van der Waals surface area contributed by atoms with Crippen LogP contribution in [0.15, 0.2) is 66.3 Å². The number of hydrogen-bond acceptors (Lipinski definition) is 4. The van der Waals surface area contributed by atoms with Crippen molar-refractivity contribution in [1.29, 1.82) is 0 Å². The molecular weight excluding hydrogens is 399 g/mol. The average molecular weight is 425 g/mol. The molecule has 0 unspecified atom stereocenters. The second kappa shape index (κ2) is 10.2. The van der Waals surface area contributed by atoms with Gasteiger partial charge in [-0.1, -0.05) is 43.8 Å². The van der Waals surface area contributed by atoms with Gasteiger partial charge in [0.25, 0.3) is 0 Å². The molecule has 0 saturated carbocycles. The molecule has 1 atom stereocenters. The highest BCUT2D eigenvalue weighted by Gasteiger charge is 2.15. The van der Waals surface area contributed by atoms with Crippen LogP contribution in [0.3, 0.4) is 0 Å². The van der Waals surface area contributed by atoms with Crippen molar-refractivity contribution in [3.05, 3.63) is 72.6 Å². The minimum absolute atomic E-state index is 0.118. The number of anilines is 1. The van der Waals surface area contributed by atoms with Gasteiger partial charge in [0.05, 0.1) is 5.75 Å². The molecule has 156 valence electrons. The normalized spacial score (nSPS) is 11.8. The molecule has 1 aromatic heterocycles. The van der Waals surface area contributed by atoms with E-state index in [4.69, 9.17) is 0 Å². The molecule has 0 bridgehead atoms. The van der Waals surface area contributed by atoms with Gasteiger partial charge in [-0.2, -0.15) is 0 Å². The molecule has 3 aromatic rings. The lowest BCUT2D eigenvalue weighted by Crippen LogP contribution is -2.14. The van der Waals surface area contributed by atoms with Gasteiger partial charge in [-0.05, 0) is 54.3 Å². The molecule has 1 N–H and O–H groups in total. The highest BCUT2D eigenvalue weighted by molar-refractivity contribution is 7.99. The zero-order chi connectivity index (χ0) is 21.5. The fourth-order valence-corrected chi connectivity index (χ4v) is 3.71. The van der Waals surface area contributed by atoms with E-state index in [1.165, 1.54) is 29.5 Å². The van der Waals surface area contributed by atoms with Crippen molar-refractivity contribution in [2.45, 2.75) is 37.9 Å². The molecule has 1 amide bonds. The van der Waals surface area contributed by atoms with Crippen LogP contribution < -0.4 is 5.32 Å². The van der Waals surface area contributed by atoms with Crippen molar-refractivity contribution in [3.63, 3.8) is 0 Å². The van der Waals surface area contributed by atoms with E-state index < -0.39 is 0 Å². The predicted molar refractivity (Wildman–Crippen MR) is 120 cm³/mol. The maximum Gasteiger partial charge on any atom is 0.234 e. The summed E-state index contributed by atoms with van der Waals surface area (Å²) < 4.78 is 15.1. The Morgan fingerprint density at radius 3 is 2.53 bits per heavy atom. The molecule has 7 heteroatoms. The summed E-state index contributed by atoms with van der Waals surface area (Å²) in [5.41, 5.74) is 2.78. The third-order valence-corrected chi connectivity index (χ3v) is 5.81. The Balaban J connectivity index is 1.65. The molecule has 3 rings (SSSR count). The zero-order valence-corrected chi connectivity index (χ0v) is 18.0. The maximum atomic E-state index is 13.2. The lowest BCUT2D eigenvalue weighted by molar-refractivity contribution is -0.113. The fraction of sp³-hybridized carbons (Fsp3) is 0.261. The van der Waals surface area contributed by atoms with Crippen LogP contribution in [0.5, 0.6) is 0 Å².